The van der Waals surface area contributed by atoms with Crippen molar-refractivity contribution in [3.8, 4) is 0 Å². The normalized spacial score (nSPS) is 10.7. The summed E-state index contributed by atoms with van der Waals surface area (Å²) < 4.78 is 0.833. The molecular weight excluding hydrogens is 260 g/mol. The van der Waals surface area contributed by atoms with Gasteiger partial charge in [-0.2, -0.15) is 0 Å². The van der Waals surface area contributed by atoms with Crippen molar-refractivity contribution in [3.63, 3.8) is 0 Å². The van der Waals surface area contributed by atoms with E-state index >= 15 is 0 Å². The van der Waals surface area contributed by atoms with Gasteiger partial charge in [0, 0.05) is 16.5 Å². The van der Waals surface area contributed by atoms with Crippen LogP contribution in [0.25, 0.3) is 10.9 Å². The number of hydrogen-bond donors (Lipinski definition) is 1. The van der Waals surface area contributed by atoms with E-state index in [2.05, 4.69) is 27.2 Å². The van der Waals surface area contributed by atoms with E-state index in [1.807, 2.05) is 24.3 Å². The first-order valence-corrected chi connectivity index (χ1v) is 5.76. The number of benzene rings is 1. The van der Waals surface area contributed by atoms with E-state index in [0.29, 0.717) is 5.82 Å². The summed E-state index contributed by atoms with van der Waals surface area (Å²) in [6.07, 6.45) is 3.75. The number of nitrogens with two attached hydrogens (primary N) is 1. The van der Waals surface area contributed by atoms with Crippen molar-refractivity contribution in [3.05, 3.63) is 35.0 Å². The van der Waals surface area contributed by atoms with E-state index < -0.39 is 0 Å². The van der Waals surface area contributed by atoms with Crippen molar-refractivity contribution in [2.24, 2.45) is 0 Å². The van der Waals surface area contributed by atoms with Gasteiger partial charge in [0.25, 0.3) is 0 Å². The Morgan fingerprint density at radius 3 is 2.86 bits per heavy atom. The van der Waals surface area contributed by atoms with Gasteiger partial charge in [0.15, 0.2) is 0 Å². The first-order chi connectivity index (χ1) is 6.70. The van der Waals surface area contributed by atoms with Crippen LogP contribution in [0.3, 0.4) is 0 Å². The fraction of sp³-hybridized carbons (Fsp3) is 0. The van der Waals surface area contributed by atoms with E-state index in [-0.39, 0.29) is 0 Å². The maximum Gasteiger partial charge on any atom is 0.138 e. The zero-order chi connectivity index (χ0) is 10.1. The second kappa shape index (κ2) is 3.79. The number of pyridine rings is 1. The van der Waals surface area contributed by atoms with Gasteiger partial charge in [-0.1, -0.05) is 6.07 Å². The zero-order valence-electron chi connectivity index (χ0n) is 7.33. The fourth-order valence-corrected chi connectivity index (χ4v) is 1.92. The van der Waals surface area contributed by atoms with Gasteiger partial charge < -0.3 is 5.73 Å². The fourth-order valence-electron chi connectivity index (χ4n) is 1.23. The number of rotatable bonds is 1. The number of nitrogens with zero attached hydrogens (tertiary/aromatic N) is 1. The van der Waals surface area contributed by atoms with Crippen molar-refractivity contribution in [1.29, 1.82) is 0 Å². The van der Waals surface area contributed by atoms with E-state index in [4.69, 9.17) is 5.73 Å². The van der Waals surface area contributed by atoms with Crippen LogP contribution in [0, 0.1) is 6.26 Å². The van der Waals surface area contributed by atoms with Gasteiger partial charge in [-0.15, -0.1) is 11.8 Å². The van der Waals surface area contributed by atoms with Gasteiger partial charge in [0.05, 0.1) is 9.99 Å². The van der Waals surface area contributed by atoms with Crippen molar-refractivity contribution < 1.29 is 0 Å². The third-order valence-corrected chi connectivity index (χ3v) is 3.16. The SMILES string of the molecule is [CH2]Sc1ccc2cc(Br)c(N)nc2c1. The molecule has 1 heterocycles. The number of fused-ring (bicyclic) bond motifs is 1. The lowest BCUT2D eigenvalue weighted by Crippen LogP contribution is -1.91. The molecule has 1 aromatic heterocycles. The van der Waals surface area contributed by atoms with Crippen LogP contribution >= 0.6 is 27.7 Å². The molecule has 0 spiro atoms. The van der Waals surface area contributed by atoms with Crippen LogP contribution in [0.5, 0.6) is 0 Å². The Morgan fingerprint density at radius 1 is 1.36 bits per heavy atom. The number of aromatic nitrogens is 1. The summed E-state index contributed by atoms with van der Waals surface area (Å²) in [5.41, 5.74) is 6.60. The lowest BCUT2D eigenvalue weighted by molar-refractivity contribution is 1.37. The molecule has 2 nitrogen and oxygen atoms in total. The molecule has 1 aromatic carbocycles. The number of anilines is 1. The van der Waals surface area contributed by atoms with Gasteiger partial charge in [-0.25, -0.2) is 4.98 Å². The van der Waals surface area contributed by atoms with Gasteiger partial charge in [-0.3, -0.25) is 0 Å². The van der Waals surface area contributed by atoms with Crippen LogP contribution in [0.15, 0.2) is 33.6 Å². The average Bonchev–Trinajstić information content (AvgIpc) is 2.19. The molecule has 2 rings (SSSR count). The molecule has 0 saturated heterocycles. The van der Waals surface area contributed by atoms with Crippen LogP contribution in [0.2, 0.25) is 0 Å². The molecule has 0 aliphatic heterocycles. The van der Waals surface area contributed by atoms with Crippen LogP contribution < -0.4 is 5.73 Å². The Hall–Kier alpha value is -0.740. The number of halogens is 1. The lowest BCUT2D eigenvalue weighted by atomic mass is 10.2. The highest BCUT2D eigenvalue weighted by molar-refractivity contribution is 9.10. The second-order valence-electron chi connectivity index (χ2n) is 2.85. The van der Waals surface area contributed by atoms with Gasteiger partial charge in [0.2, 0.25) is 0 Å². The summed E-state index contributed by atoms with van der Waals surface area (Å²) in [4.78, 5) is 5.36. The van der Waals surface area contributed by atoms with E-state index in [1.165, 1.54) is 11.8 Å². The van der Waals surface area contributed by atoms with Crippen LogP contribution in [0.1, 0.15) is 0 Å². The Labute approximate surface area is 95.0 Å². The highest BCUT2D eigenvalue weighted by Crippen LogP contribution is 2.26. The summed E-state index contributed by atoms with van der Waals surface area (Å²) in [5, 5.41) is 1.07. The zero-order valence-corrected chi connectivity index (χ0v) is 9.73. The van der Waals surface area contributed by atoms with Gasteiger partial charge in [0.1, 0.15) is 5.82 Å². The molecule has 0 fully saturated rings. The molecule has 0 aliphatic carbocycles. The molecule has 0 unspecified atom stereocenters. The molecule has 2 aromatic rings. The van der Waals surface area contributed by atoms with Crippen molar-refractivity contribution in [2.75, 3.05) is 5.73 Å². The molecule has 0 aliphatic rings. The minimum Gasteiger partial charge on any atom is -0.383 e. The number of hydrogen-bond acceptors (Lipinski definition) is 3. The van der Waals surface area contributed by atoms with Crippen molar-refractivity contribution in [2.45, 2.75) is 4.90 Å². The quantitative estimate of drug-likeness (QED) is 0.805. The summed E-state index contributed by atoms with van der Waals surface area (Å²) in [6, 6.07) is 7.98. The summed E-state index contributed by atoms with van der Waals surface area (Å²) >= 11 is 4.80. The number of thioether (sulfide) groups is 1. The van der Waals surface area contributed by atoms with Crippen LogP contribution in [0.4, 0.5) is 5.82 Å². The van der Waals surface area contributed by atoms with Gasteiger partial charge >= 0.3 is 0 Å². The molecule has 0 atom stereocenters. The molecule has 14 heavy (non-hydrogen) atoms. The van der Waals surface area contributed by atoms with E-state index in [9.17, 15) is 0 Å². The summed E-state index contributed by atoms with van der Waals surface area (Å²) in [6.45, 7) is 0. The molecule has 0 bridgehead atoms. The Bertz CT molecular complexity index is 485. The predicted molar refractivity (Wildman–Crippen MR) is 65.1 cm³/mol. The topological polar surface area (TPSA) is 38.9 Å². The molecule has 2 N–H and O–H groups in total. The highest BCUT2D eigenvalue weighted by atomic mass is 79.9. The smallest absolute Gasteiger partial charge is 0.138 e. The average molecular weight is 268 g/mol. The largest absolute Gasteiger partial charge is 0.383 e. The molecule has 1 radical (unpaired) electrons. The summed E-state index contributed by atoms with van der Waals surface area (Å²) in [7, 11) is 0. The van der Waals surface area contributed by atoms with Crippen molar-refractivity contribution >= 4 is 44.4 Å². The van der Waals surface area contributed by atoms with Gasteiger partial charge in [-0.05, 0) is 34.1 Å². The third-order valence-electron chi connectivity index (χ3n) is 1.94. The highest BCUT2D eigenvalue weighted by Gasteiger charge is 2.01. The first kappa shape index (κ1) is 9.80. The Balaban J connectivity index is 2.70. The molecule has 71 valence electrons. The first-order valence-electron chi connectivity index (χ1n) is 3.98. The summed E-state index contributed by atoms with van der Waals surface area (Å²) in [5.74, 6) is 0.517. The second-order valence-corrected chi connectivity index (χ2v) is 4.47. The maximum atomic E-state index is 5.70. The van der Waals surface area contributed by atoms with E-state index in [1.54, 1.807) is 0 Å². The molecule has 4 heteroatoms. The lowest BCUT2D eigenvalue weighted by Gasteiger charge is -2.03. The third kappa shape index (κ3) is 1.72. The monoisotopic (exact) mass is 267 g/mol. The van der Waals surface area contributed by atoms with E-state index in [0.717, 1.165) is 20.3 Å². The molecule has 0 amide bonds. The predicted octanol–water partition coefficient (Wildman–Crippen LogP) is 3.46. The number of nitrogen functional groups attached to an aromatic ring is 1. The van der Waals surface area contributed by atoms with Crippen LogP contribution in [-0.2, 0) is 0 Å². The van der Waals surface area contributed by atoms with Crippen molar-refractivity contribution in [1.82, 2.24) is 4.98 Å². The minimum absolute atomic E-state index is 0.517. The maximum absolute atomic E-state index is 5.70. The Morgan fingerprint density at radius 2 is 2.14 bits per heavy atom. The Kier molecular flexibility index (Phi) is 2.65. The minimum atomic E-state index is 0.517. The molecule has 0 saturated carbocycles. The molecular formula is C10H8BrN2S. The van der Waals surface area contributed by atoms with Crippen LogP contribution in [-0.4, -0.2) is 4.98 Å². The standard InChI is InChI=1S/C10H8BrN2S/c1-14-7-3-2-6-4-8(11)10(12)13-9(6)5-7/h2-5H,1H2,(H2,12,13).